The Kier molecular flexibility index (Phi) is 7.12. The Hall–Kier alpha value is -2.30. The van der Waals surface area contributed by atoms with Crippen LogP contribution in [0.4, 0.5) is 0 Å². The predicted octanol–water partition coefficient (Wildman–Crippen LogP) is 4.19. The largest absolute Gasteiger partial charge is 0.484 e. The van der Waals surface area contributed by atoms with Crippen molar-refractivity contribution in [3.63, 3.8) is 0 Å². The van der Waals surface area contributed by atoms with E-state index in [1.54, 1.807) is 0 Å². The van der Waals surface area contributed by atoms with Crippen molar-refractivity contribution in [2.45, 2.75) is 13.8 Å². The number of piperazine rings is 1. The van der Waals surface area contributed by atoms with Crippen molar-refractivity contribution in [1.82, 2.24) is 9.80 Å². The van der Waals surface area contributed by atoms with Gasteiger partial charge in [-0.3, -0.25) is 9.69 Å². The normalized spacial score (nSPS) is 15.2. The molecular weight excluding hydrogens is 372 g/mol. The minimum Gasteiger partial charge on any atom is -0.484 e. The van der Waals surface area contributed by atoms with Gasteiger partial charge >= 0.3 is 0 Å². The lowest BCUT2D eigenvalue weighted by Gasteiger charge is -2.34. The van der Waals surface area contributed by atoms with Crippen molar-refractivity contribution in [2.75, 3.05) is 39.3 Å². The third-order valence-corrected chi connectivity index (χ3v) is 5.57. The summed E-state index contributed by atoms with van der Waals surface area (Å²) in [5.41, 5.74) is 3.13. The van der Waals surface area contributed by atoms with Crippen molar-refractivity contribution >= 4 is 23.6 Å². The molecule has 0 atom stereocenters. The highest BCUT2D eigenvalue weighted by molar-refractivity contribution is 6.32. The van der Waals surface area contributed by atoms with Gasteiger partial charge in [-0.15, -0.1) is 0 Å². The van der Waals surface area contributed by atoms with Gasteiger partial charge in [-0.05, 0) is 42.7 Å². The first-order valence-corrected chi connectivity index (χ1v) is 10.0. The smallest absolute Gasteiger partial charge is 0.260 e. The van der Waals surface area contributed by atoms with E-state index in [1.165, 1.54) is 5.56 Å². The first-order chi connectivity index (χ1) is 13.5. The van der Waals surface area contributed by atoms with E-state index in [1.807, 2.05) is 49.1 Å². The summed E-state index contributed by atoms with van der Waals surface area (Å²) >= 11 is 6.18. The highest BCUT2D eigenvalue weighted by Crippen LogP contribution is 2.25. The van der Waals surface area contributed by atoms with Gasteiger partial charge in [0.1, 0.15) is 5.75 Å². The van der Waals surface area contributed by atoms with Crippen molar-refractivity contribution in [2.24, 2.45) is 0 Å². The number of amides is 1. The molecule has 1 amide bonds. The van der Waals surface area contributed by atoms with Crippen LogP contribution in [0.5, 0.6) is 5.75 Å². The molecule has 4 nitrogen and oxygen atoms in total. The van der Waals surface area contributed by atoms with E-state index in [-0.39, 0.29) is 12.5 Å². The third kappa shape index (κ3) is 5.60. The quantitative estimate of drug-likeness (QED) is 0.731. The third-order valence-electron chi connectivity index (χ3n) is 4.97. The molecule has 1 heterocycles. The van der Waals surface area contributed by atoms with E-state index < -0.39 is 0 Å². The summed E-state index contributed by atoms with van der Waals surface area (Å²) in [5.74, 6) is 0.724. The Morgan fingerprint density at radius 3 is 2.36 bits per heavy atom. The van der Waals surface area contributed by atoms with E-state index in [0.29, 0.717) is 5.75 Å². The molecule has 2 aromatic carbocycles. The van der Waals surface area contributed by atoms with Crippen LogP contribution in [-0.2, 0) is 4.79 Å². The molecule has 0 bridgehead atoms. The maximum atomic E-state index is 12.5. The lowest BCUT2D eigenvalue weighted by Crippen LogP contribution is -2.49. The van der Waals surface area contributed by atoms with Crippen molar-refractivity contribution in [1.29, 1.82) is 0 Å². The molecule has 0 N–H and O–H groups in total. The Bertz CT molecular complexity index is 805. The summed E-state index contributed by atoms with van der Waals surface area (Å²) in [7, 11) is 0. The van der Waals surface area contributed by atoms with E-state index >= 15 is 0 Å². The molecule has 0 radical (unpaired) electrons. The molecule has 1 aliphatic heterocycles. The highest BCUT2D eigenvalue weighted by atomic mass is 35.5. The molecule has 28 heavy (non-hydrogen) atoms. The molecular formula is C23H27ClN2O2. The van der Waals surface area contributed by atoms with Gasteiger partial charge in [0, 0.05) is 37.7 Å². The number of carbonyl (C=O) groups excluding carboxylic acids is 1. The Morgan fingerprint density at radius 1 is 1.07 bits per heavy atom. The van der Waals surface area contributed by atoms with Crippen LogP contribution in [0.25, 0.3) is 6.08 Å². The average molecular weight is 399 g/mol. The van der Waals surface area contributed by atoms with Crippen LogP contribution in [0.2, 0.25) is 5.02 Å². The molecule has 5 heteroatoms. The molecule has 0 saturated carbocycles. The monoisotopic (exact) mass is 398 g/mol. The second-order valence-electron chi connectivity index (χ2n) is 7.15. The predicted molar refractivity (Wildman–Crippen MR) is 115 cm³/mol. The Morgan fingerprint density at radius 2 is 1.71 bits per heavy atom. The van der Waals surface area contributed by atoms with Gasteiger partial charge in [0.15, 0.2) is 6.61 Å². The minimum absolute atomic E-state index is 0.0322. The fourth-order valence-corrected chi connectivity index (χ4v) is 3.42. The standard InChI is InChI=1S/C23H27ClN2O2/c1-18-15-21(16-19(2)23(18)24)28-17-22(27)26-13-11-25(12-14-26)10-6-9-20-7-4-3-5-8-20/h3-9,15-16H,10-14,17H2,1-2H3/b9-6+. The molecule has 0 unspecified atom stereocenters. The first kappa shape index (κ1) is 20.4. The number of carbonyl (C=O) groups is 1. The van der Waals surface area contributed by atoms with Gasteiger partial charge in [0.25, 0.3) is 5.91 Å². The topological polar surface area (TPSA) is 32.8 Å². The SMILES string of the molecule is Cc1cc(OCC(=O)N2CCN(C/C=C/c3ccccc3)CC2)cc(C)c1Cl. The number of aryl methyl sites for hydroxylation is 2. The summed E-state index contributed by atoms with van der Waals surface area (Å²) < 4.78 is 5.70. The molecule has 1 aliphatic rings. The zero-order chi connectivity index (χ0) is 19.9. The van der Waals surface area contributed by atoms with Crippen LogP contribution in [0, 0.1) is 13.8 Å². The molecule has 1 fully saturated rings. The van der Waals surface area contributed by atoms with E-state index in [4.69, 9.17) is 16.3 Å². The number of nitrogens with zero attached hydrogens (tertiary/aromatic N) is 2. The molecule has 0 aliphatic carbocycles. The van der Waals surface area contributed by atoms with Crippen molar-refractivity contribution in [3.8, 4) is 5.75 Å². The van der Waals surface area contributed by atoms with Crippen LogP contribution in [0.3, 0.4) is 0 Å². The second kappa shape index (κ2) is 9.76. The zero-order valence-electron chi connectivity index (χ0n) is 16.5. The second-order valence-corrected chi connectivity index (χ2v) is 7.53. The number of ether oxygens (including phenoxy) is 1. The molecule has 148 valence electrons. The molecule has 2 aromatic rings. The van der Waals surface area contributed by atoms with Crippen LogP contribution in [-0.4, -0.2) is 55.0 Å². The van der Waals surface area contributed by atoms with Gasteiger partial charge in [-0.2, -0.15) is 0 Å². The maximum Gasteiger partial charge on any atom is 0.260 e. The average Bonchev–Trinajstić information content (AvgIpc) is 2.71. The van der Waals surface area contributed by atoms with E-state index in [9.17, 15) is 4.79 Å². The lowest BCUT2D eigenvalue weighted by atomic mass is 10.1. The van der Waals surface area contributed by atoms with Gasteiger partial charge < -0.3 is 9.64 Å². The molecule has 1 saturated heterocycles. The first-order valence-electron chi connectivity index (χ1n) is 9.64. The van der Waals surface area contributed by atoms with Crippen molar-refractivity contribution in [3.05, 3.63) is 70.3 Å². The number of hydrogen-bond acceptors (Lipinski definition) is 3. The van der Waals surface area contributed by atoms with Gasteiger partial charge in [-0.25, -0.2) is 0 Å². The van der Waals surface area contributed by atoms with Gasteiger partial charge in [-0.1, -0.05) is 54.1 Å². The Balaban J connectivity index is 1.42. The van der Waals surface area contributed by atoms with Crippen LogP contribution >= 0.6 is 11.6 Å². The molecule has 0 aromatic heterocycles. The summed E-state index contributed by atoms with van der Waals surface area (Å²) in [4.78, 5) is 16.7. The van der Waals surface area contributed by atoms with Gasteiger partial charge in [0.05, 0.1) is 0 Å². The lowest BCUT2D eigenvalue weighted by molar-refractivity contribution is -0.135. The van der Waals surface area contributed by atoms with Crippen LogP contribution in [0.15, 0.2) is 48.5 Å². The maximum absolute atomic E-state index is 12.5. The summed E-state index contributed by atoms with van der Waals surface area (Å²) in [6.45, 7) is 8.07. The van der Waals surface area contributed by atoms with Crippen molar-refractivity contribution < 1.29 is 9.53 Å². The molecule has 0 spiro atoms. The van der Waals surface area contributed by atoms with E-state index in [0.717, 1.165) is 48.9 Å². The number of benzene rings is 2. The fourth-order valence-electron chi connectivity index (χ4n) is 3.31. The molecule has 3 rings (SSSR count). The summed E-state index contributed by atoms with van der Waals surface area (Å²) in [6.07, 6.45) is 4.32. The zero-order valence-corrected chi connectivity index (χ0v) is 17.3. The van der Waals surface area contributed by atoms with Crippen LogP contribution in [0.1, 0.15) is 16.7 Å². The fraction of sp³-hybridized carbons (Fsp3) is 0.348. The number of hydrogen-bond donors (Lipinski definition) is 0. The van der Waals surface area contributed by atoms with Crippen LogP contribution < -0.4 is 4.74 Å². The number of halogens is 1. The number of rotatable bonds is 6. The highest BCUT2D eigenvalue weighted by Gasteiger charge is 2.20. The summed E-state index contributed by atoms with van der Waals surface area (Å²) in [5, 5.41) is 0.746. The summed E-state index contributed by atoms with van der Waals surface area (Å²) in [6, 6.07) is 14.0. The minimum atomic E-state index is 0.0322. The van der Waals surface area contributed by atoms with E-state index in [2.05, 4.69) is 29.2 Å². The Labute approximate surface area is 172 Å². The van der Waals surface area contributed by atoms with Gasteiger partial charge in [0.2, 0.25) is 0 Å².